The minimum absolute atomic E-state index is 0.118. The Balaban J connectivity index is 2.13. The molecule has 1 atom stereocenters. The topological polar surface area (TPSA) is 57.4 Å². The lowest BCUT2D eigenvalue weighted by Crippen LogP contribution is -2.17. The van der Waals surface area contributed by atoms with Crippen molar-refractivity contribution in [1.82, 2.24) is 4.98 Å². The molecule has 2 aromatic rings. The number of rotatable bonds is 6. The van der Waals surface area contributed by atoms with Crippen LogP contribution in [0.15, 0.2) is 36.7 Å². The van der Waals surface area contributed by atoms with Gasteiger partial charge in [-0.15, -0.1) is 0 Å². The largest absolute Gasteiger partial charge is 0.493 e. The zero-order valence-electron chi connectivity index (χ0n) is 12.8. The molecule has 1 aromatic heterocycles. The van der Waals surface area contributed by atoms with Gasteiger partial charge < -0.3 is 15.2 Å². The lowest BCUT2D eigenvalue weighted by Gasteiger charge is -2.13. The molecule has 1 aromatic carbocycles. The standard InChI is InChI=1S/C17H22N2O2/c1-12-6-15(10-19-9-12)11-21-17-8-14(7-13(2)18)4-5-16(17)20-3/h4-6,8-10,13H,7,11,18H2,1-3H3. The molecule has 0 amide bonds. The highest BCUT2D eigenvalue weighted by molar-refractivity contribution is 5.43. The molecule has 0 fully saturated rings. The second kappa shape index (κ2) is 7.09. The minimum atomic E-state index is 0.118. The minimum Gasteiger partial charge on any atom is -0.493 e. The molecule has 112 valence electrons. The Morgan fingerprint density at radius 1 is 1.14 bits per heavy atom. The van der Waals surface area contributed by atoms with E-state index in [-0.39, 0.29) is 6.04 Å². The molecule has 2 N–H and O–H groups in total. The molecule has 0 aliphatic heterocycles. The van der Waals surface area contributed by atoms with Crippen LogP contribution in [0.25, 0.3) is 0 Å². The van der Waals surface area contributed by atoms with E-state index in [9.17, 15) is 0 Å². The van der Waals surface area contributed by atoms with Crippen LogP contribution in [0.3, 0.4) is 0 Å². The van der Waals surface area contributed by atoms with Crippen LogP contribution in [-0.2, 0) is 13.0 Å². The van der Waals surface area contributed by atoms with Crippen molar-refractivity contribution < 1.29 is 9.47 Å². The highest BCUT2D eigenvalue weighted by atomic mass is 16.5. The second-order valence-electron chi connectivity index (χ2n) is 5.33. The fourth-order valence-corrected chi connectivity index (χ4v) is 2.19. The van der Waals surface area contributed by atoms with Crippen molar-refractivity contribution >= 4 is 0 Å². The van der Waals surface area contributed by atoms with Crippen molar-refractivity contribution in [2.45, 2.75) is 32.9 Å². The number of hydrogen-bond donors (Lipinski definition) is 1. The van der Waals surface area contributed by atoms with E-state index >= 15 is 0 Å². The first-order valence-electron chi connectivity index (χ1n) is 7.04. The van der Waals surface area contributed by atoms with Gasteiger partial charge in [0.15, 0.2) is 11.5 Å². The molecule has 0 aliphatic carbocycles. The maximum Gasteiger partial charge on any atom is 0.161 e. The van der Waals surface area contributed by atoms with Gasteiger partial charge in [-0.05, 0) is 49.6 Å². The number of hydrogen-bond acceptors (Lipinski definition) is 4. The van der Waals surface area contributed by atoms with Crippen LogP contribution in [0.1, 0.15) is 23.6 Å². The zero-order chi connectivity index (χ0) is 15.2. The number of nitrogens with zero attached hydrogens (tertiary/aromatic N) is 1. The summed E-state index contributed by atoms with van der Waals surface area (Å²) in [7, 11) is 1.64. The normalized spacial score (nSPS) is 12.0. The van der Waals surface area contributed by atoms with Crippen LogP contribution in [0, 0.1) is 6.92 Å². The van der Waals surface area contributed by atoms with Crippen molar-refractivity contribution in [2.24, 2.45) is 5.73 Å². The first-order chi connectivity index (χ1) is 10.1. The van der Waals surface area contributed by atoms with Gasteiger partial charge in [0, 0.05) is 24.0 Å². The maximum absolute atomic E-state index is 5.89. The van der Waals surface area contributed by atoms with Gasteiger partial charge in [0.25, 0.3) is 0 Å². The highest BCUT2D eigenvalue weighted by Gasteiger charge is 2.08. The molecule has 0 radical (unpaired) electrons. The van der Waals surface area contributed by atoms with Gasteiger partial charge in [0.2, 0.25) is 0 Å². The molecule has 1 heterocycles. The summed E-state index contributed by atoms with van der Waals surface area (Å²) in [6, 6.07) is 8.11. The van der Waals surface area contributed by atoms with Crippen LogP contribution < -0.4 is 15.2 Å². The summed E-state index contributed by atoms with van der Waals surface area (Å²) < 4.78 is 11.2. The van der Waals surface area contributed by atoms with E-state index in [0.29, 0.717) is 6.61 Å². The predicted octanol–water partition coefficient (Wildman–Crippen LogP) is 2.87. The van der Waals surface area contributed by atoms with Gasteiger partial charge in [0.05, 0.1) is 7.11 Å². The molecule has 0 spiro atoms. The molecule has 0 aliphatic rings. The van der Waals surface area contributed by atoms with E-state index in [2.05, 4.69) is 11.1 Å². The number of aryl methyl sites for hydroxylation is 1. The Kier molecular flexibility index (Phi) is 5.17. The molecular formula is C17H22N2O2. The van der Waals surface area contributed by atoms with Crippen LogP contribution in [0.4, 0.5) is 0 Å². The van der Waals surface area contributed by atoms with Gasteiger partial charge in [-0.1, -0.05) is 6.07 Å². The Morgan fingerprint density at radius 2 is 1.95 bits per heavy atom. The fourth-order valence-electron chi connectivity index (χ4n) is 2.19. The molecule has 21 heavy (non-hydrogen) atoms. The number of methoxy groups -OCH3 is 1. The molecular weight excluding hydrogens is 264 g/mol. The van der Waals surface area contributed by atoms with Crippen LogP contribution in [-0.4, -0.2) is 18.1 Å². The number of benzene rings is 1. The maximum atomic E-state index is 5.89. The summed E-state index contributed by atoms with van der Waals surface area (Å²) in [5.74, 6) is 1.46. The Bertz CT molecular complexity index is 597. The van der Waals surface area contributed by atoms with Gasteiger partial charge in [0.1, 0.15) is 6.61 Å². The summed E-state index contributed by atoms with van der Waals surface area (Å²) in [5.41, 5.74) is 9.14. The van der Waals surface area contributed by atoms with Crippen molar-refractivity contribution in [3.63, 3.8) is 0 Å². The molecule has 2 rings (SSSR count). The third-order valence-electron chi connectivity index (χ3n) is 3.11. The lowest BCUT2D eigenvalue weighted by atomic mass is 10.1. The van der Waals surface area contributed by atoms with Crippen LogP contribution in [0.2, 0.25) is 0 Å². The average Bonchev–Trinajstić information content (AvgIpc) is 2.45. The van der Waals surface area contributed by atoms with E-state index in [4.69, 9.17) is 15.2 Å². The molecule has 1 unspecified atom stereocenters. The first-order valence-corrected chi connectivity index (χ1v) is 7.04. The molecule has 4 nitrogen and oxygen atoms in total. The van der Waals surface area contributed by atoms with E-state index in [1.165, 1.54) is 0 Å². The van der Waals surface area contributed by atoms with Crippen LogP contribution >= 0.6 is 0 Å². The SMILES string of the molecule is COc1ccc(CC(C)N)cc1OCc1cncc(C)c1. The van der Waals surface area contributed by atoms with Crippen molar-refractivity contribution in [3.05, 3.63) is 53.3 Å². The van der Waals surface area contributed by atoms with E-state index in [1.54, 1.807) is 7.11 Å². The summed E-state index contributed by atoms with van der Waals surface area (Å²) in [6.07, 6.45) is 4.45. The van der Waals surface area contributed by atoms with Crippen molar-refractivity contribution in [1.29, 1.82) is 0 Å². The van der Waals surface area contributed by atoms with E-state index in [0.717, 1.165) is 34.6 Å². The van der Waals surface area contributed by atoms with Gasteiger partial charge in [-0.2, -0.15) is 0 Å². The van der Waals surface area contributed by atoms with Gasteiger partial charge in [-0.3, -0.25) is 4.98 Å². The van der Waals surface area contributed by atoms with Gasteiger partial charge >= 0.3 is 0 Å². The molecule has 0 bridgehead atoms. The highest BCUT2D eigenvalue weighted by Crippen LogP contribution is 2.29. The third-order valence-corrected chi connectivity index (χ3v) is 3.11. The van der Waals surface area contributed by atoms with E-state index < -0.39 is 0 Å². The number of nitrogens with two attached hydrogens (primary N) is 1. The predicted molar refractivity (Wildman–Crippen MR) is 83.7 cm³/mol. The number of aromatic nitrogens is 1. The lowest BCUT2D eigenvalue weighted by molar-refractivity contribution is 0.283. The smallest absolute Gasteiger partial charge is 0.161 e. The van der Waals surface area contributed by atoms with Crippen molar-refractivity contribution in [3.8, 4) is 11.5 Å². The third kappa shape index (κ3) is 4.46. The van der Waals surface area contributed by atoms with Gasteiger partial charge in [-0.25, -0.2) is 0 Å². The zero-order valence-corrected chi connectivity index (χ0v) is 12.8. The average molecular weight is 286 g/mol. The second-order valence-corrected chi connectivity index (χ2v) is 5.33. The molecule has 0 saturated heterocycles. The van der Waals surface area contributed by atoms with E-state index in [1.807, 2.05) is 44.4 Å². The summed E-state index contributed by atoms with van der Waals surface area (Å²) in [5, 5.41) is 0. The monoisotopic (exact) mass is 286 g/mol. The Hall–Kier alpha value is -2.07. The Labute approximate surface area is 125 Å². The fraction of sp³-hybridized carbons (Fsp3) is 0.353. The summed E-state index contributed by atoms with van der Waals surface area (Å²) in [4.78, 5) is 4.17. The number of pyridine rings is 1. The Morgan fingerprint density at radius 3 is 2.62 bits per heavy atom. The van der Waals surface area contributed by atoms with Crippen LogP contribution in [0.5, 0.6) is 11.5 Å². The number of ether oxygens (including phenoxy) is 2. The summed E-state index contributed by atoms with van der Waals surface area (Å²) in [6.45, 7) is 4.47. The molecule has 4 heteroatoms. The molecule has 0 saturated carbocycles. The summed E-state index contributed by atoms with van der Waals surface area (Å²) >= 11 is 0. The first kappa shape index (κ1) is 15.3. The quantitative estimate of drug-likeness (QED) is 0.887. The van der Waals surface area contributed by atoms with Crippen molar-refractivity contribution in [2.75, 3.05) is 7.11 Å².